The maximum atomic E-state index is 12.8. The molecule has 1 aromatic carbocycles. The molecule has 128 valence electrons. The minimum Gasteiger partial charge on any atom is -0.338 e. The van der Waals surface area contributed by atoms with Crippen molar-refractivity contribution in [2.45, 2.75) is 12.6 Å². The quantitative estimate of drug-likeness (QED) is 0.891. The van der Waals surface area contributed by atoms with Gasteiger partial charge in [0.25, 0.3) is 0 Å². The number of amides is 1. The van der Waals surface area contributed by atoms with Gasteiger partial charge < -0.3 is 10.2 Å². The van der Waals surface area contributed by atoms with Gasteiger partial charge in [-0.2, -0.15) is 5.10 Å². The molecule has 0 spiro atoms. The first-order valence-corrected chi connectivity index (χ1v) is 8.38. The van der Waals surface area contributed by atoms with Crippen molar-refractivity contribution in [3.05, 3.63) is 53.9 Å². The maximum Gasteiger partial charge on any atom is 0.244 e. The summed E-state index contributed by atoms with van der Waals surface area (Å²) in [4.78, 5) is 17.2. The smallest absolute Gasteiger partial charge is 0.244 e. The number of carbonyl (C=O) groups is 1. The van der Waals surface area contributed by atoms with Crippen molar-refractivity contribution < 1.29 is 4.79 Å². The Kier molecular flexibility index (Phi) is 5.27. The highest BCUT2D eigenvalue weighted by molar-refractivity contribution is 5.83. The van der Waals surface area contributed by atoms with E-state index in [9.17, 15) is 4.79 Å². The van der Waals surface area contributed by atoms with Gasteiger partial charge in [0.05, 0.1) is 6.20 Å². The highest BCUT2D eigenvalue weighted by Gasteiger charge is 2.28. The van der Waals surface area contributed by atoms with E-state index in [2.05, 4.69) is 39.6 Å². The molecule has 2 aromatic rings. The fourth-order valence-electron chi connectivity index (χ4n) is 3.17. The van der Waals surface area contributed by atoms with Gasteiger partial charge in [-0.3, -0.25) is 14.4 Å². The van der Waals surface area contributed by atoms with E-state index in [-0.39, 0.29) is 11.9 Å². The first-order valence-electron chi connectivity index (χ1n) is 8.38. The van der Waals surface area contributed by atoms with Crippen molar-refractivity contribution in [2.75, 3.05) is 33.2 Å². The highest BCUT2D eigenvalue weighted by Crippen LogP contribution is 2.17. The number of hydrogen-bond acceptors (Lipinski definition) is 4. The minimum atomic E-state index is -0.320. The summed E-state index contributed by atoms with van der Waals surface area (Å²) in [7, 11) is 3.68. The maximum absolute atomic E-state index is 12.8. The molecule has 0 aliphatic carbocycles. The second-order valence-electron chi connectivity index (χ2n) is 6.26. The number of benzene rings is 1. The Labute approximate surface area is 143 Å². The number of aromatic nitrogens is 2. The zero-order chi connectivity index (χ0) is 16.9. The molecule has 0 radical (unpaired) electrons. The Morgan fingerprint density at radius 3 is 2.50 bits per heavy atom. The Bertz CT molecular complexity index is 661. The fourth-order valence-corrected chi connectivity index (χ4v) is 3.17. The summed E-state index contributed by atoms with van der Waals surface area (Å²) in [5.74, 6) is 0.130. The van der Waals surface area contributed by atoms with Crippen molar-refractivity contribution in [3.63, 3.8) is 0 Å². The van der Waals surface area contributed by atoms with E-state index in [4.69, 9.17) is 0 Å². The molecule has 1 aliphatic heterocycles. The minimum absolute atomic E-state index is 0.130. The average Bonchev–Trinajstić information content (AvgIpc) is 3.03. The van der Waals surface area contributed by atoms with Gasteiger partial charge in [0.1, 0.15) is 6.04 Å². The monoisotopic (exact) mass is 327 g/mol. The Balaban J connectivity index is 1.56. The van der Waals surface area contributed by atoms with E-state index >= 15 is 0 Å². The first-order chi connectivity index (χ1) is 11.7. The Morgan fingerprint density at radius 2 is 1.92 bits per heavy atom. The molecule has 1 aliphatic rings. The lowest BCUT2D eigenvalue weighted by molar-refractivity contribution is -0.135. The molecule has 0 saturated carbocycles. The van der Waals surface area contributed by atoms with Gasteiger partial charge in [0.15, 0.2) is 0 Å². The number of carbonyl (C=O) groups excluding carboxylic acids is 1. The summed E-state index contributed by atoms with van der Waals surface area (Å²) in [6.07, 6.45) is 3.65. The molecule has 1 unspecified atom stereocenters. The van der Waals surface area contributed by atoms with E-state index in [0.29, 0.717) is 0 Å². The molecular weight excluding hydrogens is 302 g/mol. The third-order valence-electron chi connectivity index (χ3n) is 4.53. The van der Waals surface area contributed by atoms with Crippen LogP contribution in [0, 0.1) is 0 Å². The average molecular weight is 327 g/mol. The Hall–Kier alpha value is -2.18. The van der Waals surface area contributed by atoms with Crippen LogP contribution in [-0.4, -0.2) is 58.7 Å². The van der Waals surface area contributed by atoms with Crippen molar-refractivity contribution in [3.8, 4) is 0 Å². The van der Waals surface area contributed by atoms with Gasteiger partial charge in [-0.05, 0) is 12.6 Å². The standard InChI is InChI=1S/C18H25N5O/c1-19-17(16-12-20-21(2)14-16)18(24)23-10-8-22(9-11-23)13-15-6-4-3-5-7-15/h3-7,12,14,17,19H,8-11,13H2,1-2H3. The van der Waals surface area contributed by atoms with E-state index in [1.165, 1.54) is 5.56 Å². The predicted octanol–water partition coefficient (Wildman–Crippen LogP) is 1.02. The lowest BCUT2D eigenvalue weighted by atomic mass is 10.1. The molecule has 6 nitrogen and oxygen atoms in total. The lowest BCUT2D eigenvalue weighted by Crippen LogP contribution is -2.51. The van der Waals surface area contributed by atoms with Gasteiger partial charge in [0, 0.05) is 51.5 Å². The van der Waals surface area contributed by atoms with Crippen LogP contribution in [0.4, 0.5) is 0 Å². The molecule has 3 rings (SSSR count). The van der Waals surface area contributed by atoms with Gasteiger partial charge >= 0.3 is 0 Å². The molecule has 1 atom stereocenters. The third kappa shape index (κ3) is 3.83. The van der Waals surface area contributed by atoms with Crippen LogP contribution in [0.3, 0.4) is 0 Å². The predicted molar refractivity (Wildman–Crippen MR) is 93.3 cm³/mol. The third-order valence-corrected chi connectivity index (χ3v) is 4.53. The fraction of sp³-hybridized carbons (Fsp3) is 0.444. The number of nitrogens with one attached hydrogen (secondary N) is 1. The zero-order valence-electron chi connectivity index (χ0n) is 14.4. The molecule has 1 saturated heterocycles. The molecule has 1 aromatic heterocycles. The van der Waals surface area contributed by atoms with Crippen LogP contribution in [0.1, 0.15) is 17.2 Å². The van der Waals surface area contributed by atoms with Crippen LogP contribution in [-0.2, 0) is 18.4 Å². The molecule has 2 heterocycles. The van der Waals surface area contributed by atoms with Crippen LogP contribution in [0.2, 0.25) is 0 Å². The zero-order valence-corrected chi connectivity index (χ0v) is 14.4. The summed E-state index contributed by atoms with van der Waals surface area (Å²) < 4.78 is 1.73. The largest absolute Gasteiger partial charge is 0.338 e. The molecule has 1 N–H and O–H groups in total. The second kappa shape index (κ2) is 7.59. The summed E-state index contributed by atoms with van der Waals surface area (Å²) in [6, 6.07) is 10.2. The van der Waals surface area contributed by atoms with Gasteiger partial charge in [-0.1, -0.05) is 30.3 Å². The summed E-state index contributed by atoms with van der Waals surface area (Å²) in [5, 5.41) is 7.29. The van der Waals surface area contributed by atoms with E-state index < -0.39 is 0 Å². The number of hydrogen-bond donors (Lipinski definition) is 1. The van der Waals surface area contributed by atoms with Crippen molar-refractivity contribution in [1.82, 2.24) is 24.9 Å². The topological polar surface area (TPSA) is 53.4 Å². The normalized spacial score (nSPS) is 17.0. The summed E-state index contributed by atoms with van der Waals surface area (Å²) >= 11 is 0. The summed E-state index contributed by atoms with van der Waals surface area (Å²) in [5.41, 5.74) is 2.23. The van der Waals surface area contributed by atoms with Gasteiger partial charge in [-0.25, -0.2) is 0 Å². The first kappa shape index (κ1) is 16.7. The van der Waals surface area contributed by atoms with E-state index in [1.54, 1.807) is 10.9 Å². The lowest BCUT2D eigenvalue weighted by Gasteiger charge is -2.36. The van der Waals surface area contributed by atoms with Crippen molar-refractivity contribution >= 4 is 5.91 Å². The molecule has 24 heavy (non-hydrogen) atoms. The number of aryl methyl sites for hydroxylation is 1. The summed E-state index contributed by atoms with van der Waals surface area (Å²) in [6.45, 7) is 4.30. The van der Waals surface area contributed by atoms with Crippen LogP contribution in [0.25, 0.3) is 0 Å². The SMILES string of the molecule is CNC(C(=O)N1CCN(Cc2ccccc2)CC1)c1cnn(C)c1. The molecular formula is C18H25N5O. The number of likely N-dealkylation sites (N-methyl/N-ethyl adjacent to an activating group) is 1. The number of rotatable bonds is 5. The molecule has 6 heteroatoms. The van der Waals surface area contributed by atoms with Gasteiger partial charge in [0.2, 0.25) is 5.91 Å². The van der Waals surface area contributed by atoms with Gasteiger partial charge in [-0.15, -0.1) is 0 Å². The van der Waals surface area contributed by atoms with Crippen molar-refractivity contribution in [1.29, 1.82) is 0 Å². The van der Waals surface area contributed by atoms with Crippen LogP contribution >= 0.6 is 0 Å². The van der Waals surface area contributed by atoms with E-state index in [0.717, 1.165) is 38.3 Å². The van der Waals surface area contributed by atoms with Crippen LogP contribution in [0.5, 0.6) is 0 Å². The number of piperazine rings is 1. The molecule has 1 amide bonds. The number of nitrogens with zero attached hydrogens (tertiary/aromatic N) is 4. The molecule has 0 bridgehead atoms. The van der Waals surface area contributed by atoms with Crippen LogP contribution < -0.4 is 5.32 Å². The van der Waals surface area contributed by atoms with E-state index in [1.807, 2.05) is 31.3 Å². The Morgan fingerprint density at radius 1 is 1.21 bits per heavy atom. The van der Waals surface area contributed by atoms with Crippen LogP contribution in [0.15, 0.2) is 42.7 Å². The van der Waals surface area contributed by atoms with Crippen molar-refractivity contribution in [2.24, 2.45) is 7.05 Å². The molecule has 1 fully saturated rings. The second-order valence-corrected chi connectivity index (χ2v) is 6.26. The highest BCUT2D eigenvalue weighted by atomic mass is 16.2.